The van der Waals surface area contributed by atoms with Crippen LogP contribution in [0.2, 0.25) is 0 Å². The zero-order valence-electron chi connectivity index (χ0n) is 12.2. The predicted molar refractivity (Wildman–Crippen MR) is 78.0 cm³/mol. The second kappa shape index (κ2) is 6.91. The highest BCUT2D eigenvalue weighted by Gasteiger charge is 2.20. The summed E-state index contributed by atoms with van der Waals surface area (Å²) in [6.45, 7) is 10.2. The van der Waals surface area contributed by atoms with Crippen molar-refractivity contribution in [3.63, 3.8) is 0 Å². The fourth-order valence-corrected chi connectivity index (χ4v) is 2.10. The highest BCUT2D eigenvalue weighted by molar-refractivity contribution is 5.30. The summed E-state index contributed by atoms with van der Waals surface area (Å²) < 4.78 is 0. The molecule has 0 aromatic heterocycles. The third-order valence-corrected chi connectivity index (χ3v) is 3.42. The van der Waals surface area contributed by atoms with Crippen molar-refractivity contribution in [2.75, 3.05) is 13.1 Å². The van der Waals surface area contributed by atoms with Gasteiger partial charge in [0.05, 0.1) is 5.60 Å². The molecule has 0 heterocycles. The van der Waals surface area contributed by atoms with E-state index in [4.69, 9.17) is 0 Å². The van der Waals surface area contributed by atoms with E-state index in [2.05, 4.69) is 44.3 Å². The largest absolute Gasteiger partial charge is 0.390 e. The van der Waals surface area contributed by atoms with Gasteiger partial charge in [0.15, 0.2) is 0 Å². The van der Waals surface area contributed by atoms with Crippen LogP contribution in [0.1, 0.15) is 43.4 Å². The van der Waals surface area contributed by atoms with Gasteiger partial charge in [0.1, 0.15) is 0 Å². The molecule has 0 saturated carbocycles. The summed E-state index contributed by atoms with van der Waals surface area (Å²) in [6.07, 6.45) is 2.65. The molecule has 0 amide bonds. The van der Waals surface area contributed by atoms with E-state index in [1.165, 1.54) is 16.7 Å². The highest BCUT2D eigenvalue weighted by Crippen LogP contribution is 2.18. The van der Waals surface area contributed by atoms with Gasteiger partial charge < -0.3 is 10.4 Å². The Balaban J connectivity index is 2.50. The third-order valence-electron chi connectivity index (χ3n) is 3.42. The lowest BCUT2D eigenvalue weighted by atomic mass is 9.92. The average Bonchev–Trinajstić information content (AvgIpc) is 2.29. The Hall–Kier alpha value is -0.860. The van der Waals surface area contributed by atoms with E-state index in [1.807, 2.05) is 6.92 Å². The maximum Gasteiger partial charge on any atom is 0.0672 e. The van der Waals surface area contributed by atoms with Gasteiger partial charge in [0, 0.05) is 6.42 Å². The molecule has 0 saturated heterocycles. The summed E-state index contributed by atoms with van der Waals surface area (Å²) in [5, 5.41) is 13.7. The van der Waals surface area contributed by atoms with E-state index in [9.17, 15) is 5.11 Å². The lowest BCUT2D eigenvalue weighted by Gasteiger charge is -2.24. The molecule has 1 atom stereocenters. The van der Waals surface area contributed by atoms with Gasteiger partial charge in [0.25, 0.3) is 0 Å². The first-order valence-corrected chi connectivity index (χ1v) is 6.94. The van der Waals surface area contributed by atoms with Crippen molar-refractivity contribution in [3.05, 3.63) is 34.9 Å². The molecule has 1 aromatic carbocycles. The fourth-order valence-electron chi connectivity index (χ4n) is 2.10. The molecule has 0 aliphatic carbocycles. The molecule has 1 aromatic rings. The second-order valence-corrected chi connectivity index (χ2v) is 5.59. The molecular weight excluding hydrogens is 222 g/mol. The van der Waals surface area contributed by atoms with Gasteiger partial charge >= 0.3 is 0 Å². The van der Waals surface area contributed by atoms with Crippen LogP contribution in [0, 0.1) is 13.8 Å². The van der Waals surface area contributed by atoms with Crippen molar-refractivity contribution in [2.24, 2.45) is 0 Å². The quantitative estimate of drug-likeness (QED) is 0.728. The normalized spacial score (nSPS) is 14.5. The summed E-state index contributed by atoms with van der Waals surface area (Å²) in [5.41, 5.74) is 3.21. The first-order chi connectivity index (χ1) is 8.44. The van der Waals surface area contributed by atoms with Crippen molar-refractivity contribution in [2.45, 2.75) is 52.6 Å². The lowest BCUT2D eigenvalue weighted by molar-refractivity contribution is 0.0516. The van der Waals surface area contributed by atoms with Gasteiger partial charge in [0.2, 0.25) is 0 Å². The second-order valence-electron chi connectivity index (χ2n) is 5.59. The lowest BCUT2D eigenvalue weighted by Crippen LogP contribution is -2.32. The average molecular weight is 249 g/mol. The maximum atomic E-state index is 10.4. The number of hydrogen-bond acceptors (Lipinski definition) is 2. The van der Waals surface area contributed by atoms with Crippen molar-refractivity contribution < 1.29 is 5.11 Å². The standard InChI is InChI=1S/C16H27NO/c1-5-9-17-10-8-16(4,18)12-15-7-6-13(2)14(3)11-15/h6-7,11,17-18H,5,8-10,12H2,1-4H3. The molecular formula is C16H27NO. The zero-order chi connectivity index (χ0) is 13.6. The van der Waals surface area contributed by atoms with Crippen LogP contribution in [0.15, 0.2) is 18.2 Å². The molecule has 1 rings (SSSR count). The van der Waals surface area contributed by atoms with E-state index in [1.54, 1.807) is 0 Å². The molecule has 102 valence electrons. The summed E-state index contributed by atoms with van der Waals surface area (Å²) in [4.78, 5) is 0. The van der Waals surface area contributed by atoms with E-state index < -0.39 is 5.60 Å². The SMILES string of the molecule is CCCNCCC(C)(O)Cc1ccc(C)c(C)c1. The molecule has 0 bridgehead atoms. The van der Waals surface area contributed by atoms with Crippen molar-refractivity contribution in [1.29, 1.82) is 0 Å². The van der Waals surface area contributed by atoms with Crippen molar-refractivity contribution in [1.82, 2.24) is 5.32 Å². The summed E-state index contributed by atoms with van der Waals surface area (Å²) in [5.74, 6) is 0. The van der Waals surface area contributed by atoms with Crippen LogP contribution in [0.25, 0.3) is 0 Å². The number of benzene rings is 1. The van der Waals surface area contributed by atoms with E-state index in [0.29, 0.717) is 0 Å². The van der Waals surface area contributed by atoms with E-state index >= 15 is 0 Å². The Morgan fingerprint density at radius 2 is 1.89 bits per heavy atom. The molecule has 0 aliphatic heterocycles. The number of rotatable bonds is 7. The Kier molecular flexibility index (Phi) is 5.83. The molecule has 0 radical (unpaired) electrons. The smallest absolute Gasteiger partial charge is 0.0672 e. The summed E-state index contributed by atoms with van der Waals surface area (Å²) >= 11 is 0. The Bertz CT molecular complexity index is 371. The minimum Gasteiger partial charge on any atom is -0.390 e. The topological polar surface area (TPSA) is 32.3 Å². The number of nitrogens with one attached hydrogen (secondary N) is 1. The van der Waals surface area contributed by atoms with Crippen molar-refractivity contribution >= 4 is 0 Å². The van der Waals surface area contributed by atoms with Crippen LogP contribution < -0.4 is 5.32 Å². The minimum atomic E-state index is -0.623. The minimum absolute atomic E-state index is 0.623. The maximum absolute atomic E-state index is 10.4. The van der Waals surface area contributed by atoms with Crippen LogP contribution in [0.3, 0.4) is 0 Å². The predicted octanol–water partition coefficient (Wildman–Crippen LogP) is 2.99. The van der Waals surface area contributed by atoms with Crippen LogP contribution in [-0.2, 0) is 6.42 Å². The van der Waals surface area contributed by atoms with E-state index in [0.717, 1.165) is 32.4 Å². The van der Waals surface area contributed by atoms with Gasteiger partial charge in [-0.1, -0.05) is 25.1 Å². The van der Waals surface area contributed by atoms with Crippen molar-refractivity contribution in [3.8, 4) is 0 Å². The molecule has 2 nitrogen and oxygen atoms in total. The summed E-state index contributed by atoms with van der Waals surface area (Å²) in [6, 6.07) is 6.44. The monoisotopic (exact) mass is 249 g/mol. The Morgan fingerprint density at radius 3 is 2.50 bits per heavy atom. The van der Waals surface area contributed by atoms with Gasteiger partial charge in [-0.2, -0.15) is 0 Å². The first-order valence-electron chi connectivity index (χ1n) is 6.94. The molecule has 0 fully saturated rings. The van der Waals surface area contributed by atoms with E-state index in [-0.39, 0.29) is 0 Å². The first kappa shape index (κ1) is 15.2. The molecule has 2 N–H and O–H groups in total. The van der Waals surface area contributed by atoms with Gasteiger partial charge in [-0.05, 0) is 63.4 Å². The molecule has 0 aliphatic rings. The van der Waals surface area contributed by atoms with Crippen LogP contribution in [-0.4, -0.2) is 23.8 Å². The van der Waals surface area contributed by atoms with Crippen LogP contribution >= 0.6 is 0 Å². The number of aryl methyl sites for hydroxylation is 2. The zero-order valence-corrected chi connectivity index (χ0v) is 12.2. The Labute approximate surface area is 111 Å². The van der Waals surface area contributed by atoms with Crippen LogP contribution in [0.5, 0.6) is 0 Å². The fraction of sp³-hybridized carbons (Fsp3) is 0.625. The summed E-state index contributed by atoms with van der Waals surface area (Å²) in [7, 11) is 0. The molecule has 2 heteroatoms. The third kappa shape index (κ3) is 5.19. The number of aliphatic hydroxyl groups is 1. The molecule has 18 heavy (non-hydrogen) atoms. The van der Waals surface area contributed by atoms with Gasteiger partial charge in [-0.3, -0.25) is 0 Å². The molecule has 1 unspecified atom stereocenters. The molecule has 0 spiro atoms. The van der Waals surface area contributed by atoms with Gasteiger partial charge in [-0.15, -0.1) is 0 Å². The number of hydrogen-bond donors (Lipinski definition) is 2. The van der Waals surface area contributed by atoms with Gasteiger partial charge in [-0.25, -0.2) is 0 Å². The van der Waals surface area contributed by atoms with Crippen LogP contribution in [0.4, 0.5) is 0 Å². The Morgan fingerprint density at radius 1 is 1.17 bits per heavy atom. The highest BCUT2D eigenvalue weighted by atomic mass is 16.3.